The molecule has 1 aliphatic heterocycles. The Balaban J connectivity index is 1.76. The minimum absolute atomic E-state index is 0.0687. The highest BCUT2D eigenvalue weighted by Crippen LogP contribution is 2.34. The summed E-state index contributed by atoms with van der Waals surface area (Å²) in [5, 5.41) is 3.14. The number of aromatic amines is 1. The van der Waals surface area contributed by atoms with Crippen LogP contribution in [-0.4, -0.2) is 28.7 Å². The predicted molar refractivity (Wildman–Crippen MR) is 136 cm³/mol. The average molecular weight is 482 g/mol. The van der Waals surface area contributed by atoms with Gasteiger partial charge in [-0.1, -0.05) is 25.1 Å². The lowest BCUT2D eigenvalue weighted by Crippen LogP contribution is -2.39. The number of aromatic nitrogens is 3. The van der Waals surface area contributed by atoms with E-state index in [1.807, 2.05) is 38.1 Å². The molecule has 2 amide bonds. The Labute approximate surface area is 207 Å². The highest BCUT2D eigenvalue weighted by Gasteiger charge is 2.48. The standard InChI is InChI=1S/C28H24N4O4/c1-4-22-23(27(34)32(29-22)20-10-6-5-7-11-20)24-25(30-16-8-9-18(2)17-30)28(35)31(26(24)33)19-12-14-21(36-3)15-13-19/h5-17H,4H2,1-3H3/p+1. The van der Waals surface area contributed by atoms with E-state index in [9.17, 15) is 14.4 Å². The molecule has 0 atom stereocenters. The third-order valence-electron chi connectivity index (χ3n) is 6.18. The number of carbonyl (C=O) groups excluding carboxylic acids is 2. The van der Waals surface area contributed by atoms with Crippen LogP contribution in [0.3, 0.4) is 0 Å². The van der Waals surface area contributed by atoms with Gasteiger partial charge in [0, 0.05) is 17.3 Å². The number of para-hydroxylation sites is 1. The maximum absolute atomic E-state index is 13.9. The van der Waals surface area contributed by atoms with Gasteiger partial charge in [-0.2, -0.15) is 4.57 Å². The van der Waals surface area contributed by atoms with Crippen molar-refractivity contribution in [3.63, 3.8) is 0 Å². The first-order chi connectivity index (χ1) is 17.4. The third kappa shape index (κ3) is 3.73. The van der Waals surface area contributed by atoms with Crippen molar-refractivity contribution in [3.8, 4) is 11.4 Å². The SMILES string of the molecule is CCc1[nH]n(-c2ccccc2)c(=O)c1C1=C([n+]2cccc(C)c2)C(=O)N(c2ccc(OC)cc2)C1=O. The number of anilines is 1. The Morgan fingerprint density at radius 1 is 0.889 bits per heavy atom. The molecule has 0 radical (unpaired) electrons. The maximum Gasteiger partial charge on any atom is 0.331 e. The van der Waals surface area contributed by atoms with Gasteiger partial charge in [-0.25, -0.2) is 9.58 Å². The smallest absolute Gasteiger partial charge is 0.331 e. The molecule has 4 aromatic rings. The number of nitrogens with one attached hydrogen (secondary N) is 1. The van der Waals surface area contributed by atoms with Crippen molar-refractivity contribution >= 4 is 28.8 Å². The molecule has 0 spiro atoms. The lowest BCUT2D eigenvalue weighted by atomic mass is 10.0. The fraction of sp³-hybridized carbons (Fsp3) is 0.143. The fourth-order valence-electron chi connectivity index (χ4n) is 4.44. The molecule has 0 saturated carbocycles. The van der Waals surface area contributed by atoms with Gasteiger partial charge in [-0.3, -0.25) is 19.5 Å². The minimum atomic E-state index is -0.555. The van der Waals surface area contributed by atoms with Crippen LogP contribution in [0.25, 0.3) is 17.0 Å². The number of benzene rings is 2. The van der Waals surface area contributed by atoms with Crippen molar-refractivity contribution in [2.75, 3.05) is 12.0 Å². The number of methoxy groups -OCH3 is 1. The van der Waals surface area contributed by atoms with E-state index in [1.165, 1.54) is 4.68 Å². The van der Waals surface area contributed by atoms with E-state index in [-0.39, 0.29) is 16.8 Å². The van der Waals surface area contributed by atoms with Crippen LogP contribution in [0.1, 0.15) is 23.7 Å². The molecule has 0 fully saturated rings. The van der Waals surface area contributed by atoms with Crippen LogP contribution in [0.4, 0.5) is 5.69 Å². The first-order valence-electron chi connectivity index (χ1n) is 11.6. The third-order valence-corrected chi connectivity index (χ3v) is 6.18. The first-order valence-corrected chi connectivity index (χ1v) is 11.6. The van der Waals surface area contributed by atoms with Gasteiger partial charge < -0.3 is 4.74 Å². The molecule has 3 heterocycles. The number of aryl methyl sites for hydroxylation is 2. The lowest BCUT2D eigenvalue weighted by Gasteiger charge is -2.14. The summed E-state index contributed by atoms with van der Waals surface area (Å²) in [5.41, 5.74) is 2.50. The van der Waals surface area contributed by atoms with E-state index < -0.39 is 17.4 Å². The summed E-state index contributed by atoms with van der Waals surface area (Å²) in [5.74, 6) is -0.464. The number of rotatable bonds is 6. The Bertz CT molecular complexity index is 1560. The molecule has 0 unspecified atom stereocenters. The van der Waals surface area contributed by atoms with E-state index in [0.29, 0.717) is 29.2 Å². The zero-order valence-electron chi connectivity index (χ0n) is 20.2. The molecular weight excluding hydrogens is 456 g/mol. The van der Waals surface area contributed by atoms with Crippen LogP contribution in [0, 0.1) is 6.92 Å². The largest absolute Gasteiger partial charge is 0.497 e. The lowest BCUT2D eigenvalue weighted by molar-refractivity contribution is -0.577. The van der Waals surface area contributed by atoms with Crippen LogP contribution in [-0.2, 0) is 16.0 Å². The first kappa shape index (κ1) is 23.0. The van der Waals surface area contributed by atoms with Crippen LogP contribution < -0.4 is 19.8 Å². The van der Waals surface area contributed by atoms with Crippen molar-refractivity contribution < 1.29 is 18.9 Å². The predicted octanol–water partition coefficient (Wildman–Crippen LogP) is 3.27. The second-order valence-electron chi connectivity index (χ2n) is 8.45. The fourth-order valence-corrected chi connectivity index (χ4v) is 4.44. The number of ether oxygens (including phenoxy) is 1. The highest BCUT2D eigenvalue weighted by molar-refractivity contribution is 6.53. The zero-order chi connectivity index (χ0) is 25.4. The number of carbonyl (C=O) groups is 2. The number of amides is 2. The second-order valence-corrected chi connectivity index (χ2v) is 8.45. The van der Waals surface area contributed by atoms with Gasteiger partial charge in [-0.15, -0.1) is 0 Å². The summed E-state index contributed by atoms with van der Waals surface area (Å²) in [6, 6.07) is 19.5. The van der Waals surface area contributed by atoms with Gasteiger partial charge >= 0.3 is 5.91 Å². The molecule has 8 nitrogen and oxygen atoms in total. The van der Waals surface area contributed by atoms with Crippen molar-refractivity contribution in [3.05, 3.63) is 106 Å². The van der Waals surface area contributed by atoms with E-state index >= 15 is 0 Å². The Kier molecular flexibility index (Phi) is 5.85. The molecule has 36 heavy (non-hydrogen) atoms. The number of hydrogen-bond acceptors (Lipinski definition) is 4. The summed E-state index contributed by atoms with van der Waals surface area (Å²) < 4.78 is 8.25. The van der Waals surface area contributed by atoms with E-state index in [0.717, 1.165) is 10.5 Å². The number of hydrogen-bond donors (Lipinski definition) is 1. The molecule has 180 valence electrons. The van der Waals surface area contributed by atoms with E-state index in [1.54, 1.807) is 66.5 Å². The number of H-pyrrole nitrogens is 1. The highest BCUT2D eigenvalue weighted by atomic mass is 16.5. The summed E-state index contributed by atoms with van der Waals surface area (Å²) >= 11 is 0. The molecule has 1 N–H and O–H groups in total. The van der Waals surface area contributed by atoms with Crippen molar-refractivity contribution in [2.45, 2.75) is 20.3 Å². The quantitative estimate of drug-likeness (QED) is 0.338. The van der Waals surface area contributed by atoms with Crippen molar-refractivity contribution in [1.29, 1.82) is 0 Å². The molecule has 0 bridgehead atoms. The van der Waals surface area contributed by atoms with Crippen molar-refractivity contribution in [2.24, 2.45) is 0 Å². The van der Waals surface area contributed by atoms with Gasteiger partial charge in [0.15, 0.2) is 12.4 Å². The topological polar surface area (TPSA) is 88.3 Å². The Morgan fingerprint density at radius 3 is 2.25 bits per heavy atom. The molecule has 0 saturated heterocycles. The minimum Gasteiger partial charge on any atom is -0.497 e. The number of imide groups is 1. The molecule has 5 rings (SSSR count). The molecule has 2 aromatic carbocycles. The molecule has 0 aliphatic carbocycles. The number of pyridine rings is 1. The summed E-state index contributed by atoms with van der Waals surface area (Å²) in [7, 11) is 1.54. The monoisotopic (exact) mass is 481 g/mol. The van der Waals surface area contributed by atoms with E-state index in [2.05, 4.69) is 5.10 Å². The molecule has 1 aliphatic rings. The van der Waals surface area contributed by atoms with Gasteiger partial charge in [0.05, 0.1) is 24.0 Å². The van der Waals surface area contributed by atoms with Crippen LogP contribution >= 0.6 is 0 Å². The summed E-state index contributed by atoms with van der Waals surface area (Å²) in [4.78, 5) is 42.6. The zero-order valence-corrected chi connectivity index (χ0v) is 20.2. The van der Waals surface area contributed by atoms with E-state index in [4.69, 9.17) is 4.74 Å². The van der Waals surface area contributed by atoms with Gasteiger partial charge in [0.1, 0.15) is 11.3 Å². The normalized spacial score (nSPS) is 13.6. The average Bonchev–Trinajstić information content (AvgIpc) is 3.36. The Morgan fingerprint density at radius 2 is 1.61 bits per heavy atom. The maximum atomic E-state index is 13.9. The van der Waals surface area contributed by atoms with Crippen molar-refractivity contribution in [1.82, 2.24) is 9.78 Å². The van der Waals surface area contributed by atoms with Crippen LogP contribution in [0.2, 0.25) is 0 Å². The van der Waals surface area contributed by atoms with Gasteiger partial charge in [0.2, 0.25) is 0 Å². The van der Waals surface area contributed by atoms with Crippen LogP contribution in [0.5, 0.6) is 5.75 Å². The summed E-state index contributed by atoms with van der Waals surface area (Å²) in [6.45, 7) is 3.79. The van der Waals surface area contributed by atoms with Gasteiger partial charge in [-0.05, 0) is 55.8 Å². The Hall–Kier alpha value is -4.72. The molecule has 2 aromatic heterocycles. The molecular formula is C28H25N4O4+. The summed E-state index contributed by atoms with van der Waals surface area (Å²) in [6.07, 6.45) is 3.94. The van der Waals surface area contributed by atoms with Gasteiger partial charge in [0.25, 0.3) is 17.2 Å². The number of nitrogens with zero attached hydrogens (tertiary/aromatic N) is 3. The molecule has 8 heteroatoms. The van der Waals surface area contributed by atoms with Crippen LogP contribution in [0.15, 0.2) is 83.9 Å². The second kappa shape index (κ2) is 9.14.